The Balaban J connectivity index is 1.72. The highest BCUT2D eigenvalue weighted by molar-refractivity contribution is 6.30. The standard InChI is InChI=1S/C18H26ClN2/c1-2-3-4-5-6-7-12-20-13-14-21(16-20)15-17-8-10-18(19)11-9-17/h8-11,13-14,16H,2-7,12,15H2,1H3/q+1. The summed E-state index contributed by atoms with van der Waals surface area (Å²) in [7, 11) is 0. The summed E-state index contributed by atoms with van der Waals surface area (Å²) < 4.78 is 4.51. The highest BCUT2D eigenvalue weighted by Crippen LogP contribution is 2.09. The fourth-order valence-corrected chi connectivity index (χ4v) is 2.67. The summed E-state index contributed by atoms with van der Waals surface area (Å²) in [6.07, 6.45) is 14.6. The Bertz CT molecular complexity index is 516. The lowest BCUT2D eigenvalue weighted by Crippen LogP contribution is -2.31. The van der Waals surface area contributed by atoms with E-state index >= 15 is 0 Å². The molecule has 2 rings (SSSR count). The molecule has 0 unspecified atom stereocenters. The average Bonchev–Trinajstić information content (AvgIpc) is 2.93. The van der Waals surface area contributed by atoms with Gasteiger partial charge in [-0.1, -0.05) is 56.3 Å². The molecule has 0 bridgehead atoms. The lowest BCUT2D eigenvalue weighted by Gasteiger charge is -1.99. The van der Waals surface area contributed by atoms with Crippen molar-refractivity contribution >= 4 is 11.6 Å². The SMILES string of the molecule is CCCCCCCCn1cc[n+](Cc2ccc(Cl)cc2)c1. The third-order valence-corrected chi connectivity index (χ3v) is 4.05. The van der Waals surface area contributed by atoms with Gasteiger partial charge >= 0.3 is 0 Å². The van der Waals surface area contributed by atoms with E-state index < -0.39 is 0 Å². The molecule has 0 atom stereocenters. The Kier molecular flexibility index (Phi) is 6.81. The minimum Gasteiger partial charge on any atom is -0.237 e. The Labute approximate surface area is 133 Å². The molecule has 0 radical (unpaired) electrons. The molecule has 1 aromatic heterocycles. The van der Waals surface area contributed by atoms with E-state index in [0.717, 1.165) is 18.1 Å². The molecule has 3 heteroatoms. The van der Waals surface area contributed by atoms with Gasteiger partial charge in [-0.15, -0.1) is 0 Å². The molecule has 21 heavy (non-hydrogen) atoms. The average molecular weight is 306 g/mol. The van der Waals surface area contributed by atoms with Crippen molar-refractivity contribution in [1.29, 1.82) is 0 Å². The van der Waals surface area contributed by atoms with Crippen molar-refractivity contribution in [3.05, 3.63) is 53.6 Å². The maximum atomic E-state index is 5.91. The van der Waals surface area contributed by atoms with Gasteiger partial charge in [0.1, 0.15) is 18.9 Å². The van der Waals surface area contributed by atoms with Gasteiger partial charge in [-0.05, 0) is 30.5 Å². The first-order chi connectivity index (χ1) is 10.3. The van der Waals surface area contributed by atoms with Crippen LogP contribution in [0.4, 0.5) is 0 Å². The number of imidazole rings is 1. The van der Waals surface area contributed by atoms with E-state index in [1.54, 1.807) is 0 Å². The van der Waals surface area contributed by atoms with Crippen molar-refractivity contribution in [2.24, 2.45) is 0 Å². The number of hydrogen-bond donors (Lipinski definition) is 0. The number of benzene rings is 1. The van der Waals surface area contributed by atoms with E-state index in [1.807, 2.05) is 12.1 Å². The molecule has 0 aliphatic heterocycles. The Morgan fingerprint density at radius 1 is 1.00 bits per heavy atom. The van der Waals surface area contributed by atoms with Gasteiger partial charge < -0.3 is 0 Å². The van der Waals surface area contributed by atoms with Crippen LogP contribution in [0.25, 0.3) is 0 Å². The Morgan fingerprint density at radius 3 is 2.48 bits per heavy atom. The van der Waals surface area contributed by atoms with Crippen LogP contribution < -0.4 is 4.57 Å². The smallest absolute Gasteiger partial charge is 0.237 e. The van der Waals surface area contributed by atoms with Crippen LogP contribution in [0.1, 0.15) is 51.0 Å². The zero-order valence-electron chi connectivity index (χ0n) is 13.0. The summed E-state index contributed by atoms with van der Waals surface area (Å²) in [5.41, 5.74) is 1.28. The minimum absolute atomic E-state index is 0.796. The first-order valence-electron chi connectivity index (χ1n) is 8.07. The number of unbranched alkanes of at least 4 members (excludes halogenated alkanes) is 5. The molecule has 1 heterocycles. The van der Waals surface area contributed by atoms with Gasteiger partial charge in [0.15, 0.2) is 0 Å². The molecule has 0 aliphatic rings. The second kappa shape index (κ2) is 8.89. The van der Waals surface area contributed by atoms with Gasteiger partial charge in [-0.25, -0.2) is 9.13 Å². The van der Waals surface area contributed by atoms with Crippen molar-refractivity contribution in [3.8, 4) is 0 Å². The predicted octanol–water partition coefficient (Wildman–Crippen LogP) is 4.84. The number of rotatable bonds is 9. The first-order valence-corrected chi connectivity index (χ1v) is 8.45. The Morgan fingerprint density at radius 2 is 1.71 bits per heavy atom. The van der Waals surface area contributed by atoms with Gasteiger partial charge in [-0.2, -0.15) is 0 Å². The van der Waals surface area contributed by atoms with Gasteiger partial charge in [-0.3, -0.25) is 0 Å². The second-order valence-electron chi connectivity index (χ2n) is 5.72. The van der Waals surface area contributed by atoms with Gasteiger partial charge in [0.25, 0.3) is 0 Å². The molecule has 114 valence electrons. The van der Waals surface area contributed by atoms with Crippen molar-refractivity contribution in [2.75, 3.05) is 0 Å². The highest BCUT2D eigenvalue weighted by atomic mass is 35.5. The minimum atomic E-state index is 0.796. The number of hydrogen-bond acceptors (Lipinski definition) is 0. The summed E-state index contributed by atoms with van der Waals surface area (Å²) in [4.78, 5) is 0. The fraction of sp³-hybridized carbons (Fsp3) is 0.500. The zero-order chi connectivity index (χ0) is 14.9. The number of halogens is 1. The summed E-state index contributed by atoms with van der Waals surface area (Å²) >= 11 is 5.91. The molecule has 0 aliphatic carbocycles. The summed E-state index contributed by atoms with van der Waals surface area (Å²) in [5, 5.41) is 0.796. The molecule has 0 spiro atoms. The normalized spacial score (nSPS) is 11.0. The largest absolute Gasteiger partial charge is 0.244 e. The quantitative estimate of drug-likeness (QED) is 0.463. The summed E-state index contributed by atoms with van der Waals surface area (Å²) in [6.45, 7) is 4.29. The molecule has 0 saturated carbocycles. The second-order valence-corrected chi connectivity index (χ2v) is 6.15. The van der Waals surface area contributed by atoms with Crippen LogP contribution in [-0.4, -0.2) is 4.57 Å². The molecule has 0 N–H and O–H groups in total. The van der Waals surface area contributed by atoms with Crippen LogP contribution in [0.5, 0.6) is 0 Å². The summed E-state index contributed by atoms with van der Waals surface area (Å²) in [5.74, 6) is 0. The fourth-order valence-electron chi connectivity index (χ4n) is 2.54. The van der Waals surface area contributed by atoms with E-state index in [1.165, 1.54) is 44.1 Å². The van der Waals surface area contributed by atoms with Crippen molar-refractivity contribution in [1.82, 2.24) is 4.57 Å². The van der Waals surface area contributed by atoms with Crippen molar-refractivity contribution in [2.45, 2.75) is 58.5 Å². The van der Waals surface area contributed by atoms with Crippen LogP contribution in [0.15, 0.2) is 43.0 Å². The van der Waals surface area contributed by atoms with E-state index in [-0.39, 0.29) is 0 Å². The maximum absolute atomic E-state index is 5.91. The van der Waals surface area contributed by atoms with Crippen LogP contribution >= 0.6 is 11.6 Å². The molecular formula is C18H26ClN2+. The molecular weight excluding hydrogens is 280 g/mol. The summed E-state index contributed by atoms with van der Waals surface area (Å²) in [6, 6.07) is 8.07. The third kappa shape index (κ3) is 5.92. The molecule has 0 saturated heterocycles. The Hall–Kier alpha value is -1.28. The van der Waals surface area contributed by atoms with Crippen molar-refractivity contribution in [3.63, 3.8) is 0 Å². The molecule has 2 nitrogen and oxygen atoms in total. The first kappa shape index (κ1) is 16.1. The number of aromatic nitrogens is 2. The third-order valence-electron chi connectivity index (χ3n) is 3.79. The van der Waals surface area contributed by atoms with Crippen LogP contribution in [0, 0.1) is 0 Å². The van der Waals surface area contributed by atoms with Crippen LogP contribution in [0.3, 0.4) is 0 Å². The number of aryl methyl sites for hydroxylation is 1. The molecule has 0 amide bonds. The van der Waals surface area contributed by atoms with Crippen LogP contribution in [0.2, 0.25) is 5.02 Å². The van der Waals surface area contributed by atoms with E-state index in [0.29, 0.717) is 0 Å². The maximum Gasteiger partial charge on any atom is 0.244 e. The van der Waals surface area contributed by atoms with Crippen LogP contribution in [-0.2, 0) is 13.1 Å². The highest BCUT2D eigenvalue weighted by Gasteiger charge is 2.04. The zero-order valence-corrected chi connectivity index (χ0v) is 13.7. The van der Waals surface area contributed by atoms with E-state index in [4.69, 9.17) is 11.6 Å². The van der Waals surface area contributed by atoms with Crippen molar-refractivity contribution < 1.29 is 4.57 Å². The van der Waals surface area contributed by atoms with E-state index in [9.17, 15) is 0 Å². The van der Waals surface area contributed by atoms with E-state index in [2.05, 4.69) is 46.9 Å². The van der Waals surface area contributed by atoms with Gasteiger partial charge in [0, 0.05) is 5.02 Å². The predicted molar refractivity (Wildman–Crippen MR) is 88.6 cm³/mol. The van der Waals surface area contributed by atoms with Gasteiger partial charge in [0.2, 0.25) is 6.33 Å². The molecule has 0 fully saturated rings. The van der Waals surface area contributed by atoms with Gasteiger partial charge in [0.05, 0.1) is 6.54 Å². The lowest BCUT2D eigenvalue weighted by molar-refractivity contribution is -0.687. The molecule has 2 aromatic rings. The monoisotopic (exact) mass is 305 g/mol. The lowest BCUT2D eigenvalue weighted by atomic mass is 10.1. The number of nitrogens with zero attached hydrogens (tertiary/aromatic N) is 2. The molecule has 1 aromatic carbocycles. The topological polar surface area (TPSA) is 8.81 Å².